The Balaban J connectivity index is 1.57. The molecule has 3 rings (SSSR count). The van der Waals surface area contributed by atoms with Crippen LogP contribution in [0.15, 0.2) is 24.3 Å². The molecule has 0 amide bonds. The van der Waals surface area contributed by atoms with Crippen LogP contribution in [0.2, 0.25) is 0 Å². The maximum atomic E-state index is 6.20. The predicted octanol–water partition coefficient (Wildman–Crippen LogP) is 3.63. The standard InChI is InChI=1S/C18H27NO2/c1-14(16-8-5-11-19-12-16)21-18-10-3-2-9-17(18)20-13-15-6-4-7-15/h2-3,9-10,14-16,19H,4-8,11-13H2,1H3/t14-,16?/m0/s1. The number of hydrogen-bond donors (Lipinski definition) is 1. The molecule has 1 unspecified atom stereocenters. The Bertz CT molecular complexity index is 439. The lowest BCUT2D eigenvalue weighted by atomic mass is 9.86. The number of nitrogens with one attached hydrogen (secondary N) is 1. The number of rotatable bonds is 6. The van der Waals surface area contributed by atoms with Crippen LogP contribution in [0.4, 0.5) is 0 Å². The summed E-state index contributed by atoms with van der Waals surface area (Å²) in [4.78, 5) is 0. The average molecular weight is 289 g/mol. The highest BCUT2D eigenvalue weighted by Gasteiger charge is 2.23. The zero-order valence-corrected chi connectivity index (χ0v) is 13.0. The third-order valence-corrected chi connectivity index (χ3v) is 4.86. The van der Waals surface area contributed by atoms with E-state index in [2.05, 4.69) is 12.2 Å². The van der Waals surface area contributed by atoms with Crippen LogP contribution in [0, 0.1) is 11.8 Å². The fraction of sp³-hybridized carbons (Fsp3) is 0.667. The van der Waals surface area contributed by atoms with Crippen LogP contribution < -0.4 is 14.8 Å². The summed E-state index contributed by atoms with van der Waals surface area (Å²) in [6.07, 6.45) is 6.71. The highest BCUT2D eigenvalue weighted by molar-refractivity contribution is 5.39. The smallest absolute Gasteiger partial charge is 0.161 e. The molecule has 2 fully saturated rings. The topological polar surface area (TPSA) is 30.5 Å². The minimum Gasteiger partial charge on any atom is -0.489 e. The maximum absolute atomic E-state index is 6.20. The van der Waals surface area contributed by atoms with Crippen molar-refractivity contribution in [2.45, 2.75) is 45.1 Å². The predicted molar refractivity (Wildman–Crippen MR) is 85.0 cm³/mol. The molecular weight excluding hydrogens is 262 g/mol. The minimum atomic E-state index is 0.228. The Morgan fingerprint density at radius 2 is 1.95 bits per heavy atom. The van der Waals surface area contributed by atoms with Gasteiger partial charge in [0.25, 0.3) is 0 Å². The molecule has 2 aliphatic rings. The van der Waals surface area contributed by atoms with Gasteiger partial charge in [0, 0.05) is 12.5 Å². The monoisotopic (exact) mass is 289 g/mol. The second kappa shape index (κ2) is 7.17. The largest absolute Gasteiger partial charge is 0.489 e. The summed E-state index contributed by atoms with van der Waals surface area (Å²) in [5.74, 6) is 3.14. The molecule has 2 atom stereocenters. The molecule has 1 N–H and O–H groups in total. The van der Waals surface area contributed by atoms with Crippen LogP contribution in [0.25, 0.3) is 0 Å². The van der Waals surface area contributed by atoms with Crippen molar-refractivity contribution in [3.63, 3.8) is 0 Å². The second-order valence-corrected chi connectivity index (χ2v) is 6.48. The number of ether oxygens (including phenoxy) is 2. The van der Waals surface area contributed by atoms with E-state index in [4.69, 9.17) is 9.47 Å². The molecule has 1 saturated heterocycles. The van der Waals surface area contributed by atoms with Crippen molar-refractivity contribution in [3.05, 3.63) is 24.3 Å². The van der Waals surface area contributed by atoms with E-state index in [0.29, 0.717) is 5.92 Å². The van der Waals surface area contributed by atoms with Crippen LogP contribution in [0.1, 0.15) is 39.0 Å². The summed E-state index contributed by atoms with van der Waals surface area (Å²) in [5.41, 5.74) is 0. The second-order valence-electron chi connectivity index (χ2n) is 6.48. The molecule has 3 heteroatoms. The van der Waals surface area contributed by atoms with Gasteiger partial charge >= 0.3 is 0 Å². The first kappa shape index (κ1) is 14.7. The van der Waals surface area contributed by atoms with E-state index in [1.165, 1.54) is 32.1 Å². The van der Waals surface area contributed by atoms with Gasteiger partial charge in [-0.3, -0.25) is 0 Å². The molecule has 1 aliphatic heterocycles. The average Bonchev–Trinajstić information content (AvgIpc) is 2.48. The fourth-order valence-electron chi connectivity index (χ4n) is 3.11. The Morgan fingerprint density at radius 3 is 2.62 bits per heavy atom. The van der Waals surface area contributed by atoms with E-state index in [0.717, 1.165) is 37.1 Å². The molecule has 1 aromatic rings. The zero-order valence-electron chi connectivity index (χ0n) is 13.0. The Kier molecular flexibility index (Phi) is 5.02. The van der Waals surface area contributed by atoms with E-state index in [1.807, 2.05) is 24.3 Å². The van der Waals surface area contributed by atoms with Gasteiger partial charge in [-0.1, -0.05) is 18.6 Å². The van der Waals surface area contributed by atoms with E-state index in [1.54, 1.807) is 0 Å². The van der Waals surface area contributed by atoms with E-state index in [-0.39, 0.29) is 6.10 Å². The number of piperidine rings is 1. The minimum absolute atomic E-state index is 0.228. The van der Waals surface area contributed by atoms with Gasteiger partial charge < -0.3 is 14.8 Å². The van der Waals surface area contributed by atoms with Crippen LogP contribution in [0.3, 0.4) is 0 Å². The summed E-state index contributed by atoms with van der Waals surface area (Å²) in [7, 11) is 0. The molecule has 21 heavy (non-hydrogen) atoms. The summed E-state index contributed by atoms with van der Waals surface area (Å²) >= 11 is 0. The first-order valence-electron chi connectivity index (χ1n) is 8.42. The summed E-state index contributed by atoms with van der Waals surface area (Å²) in [6, 6.07) is 8.11. The van der Waals surface area contributed by atoms with Crippen molar-refractivity contribution < 1.29 is 9.47 Å². The maximum Gasteiger partial charge on any atom is 0.161 e. The summed E-state index contributed by atoms with van der Waals surface area (Å²) in [6.45, 7) is 5.22. The molecule has 1 saturated carbocycles. The van der Waals surface area contributed by atoms with Gasteiger partial charge in [0.15, 0.2) is 11.5 Å². The van der Waals surface area contributed by atoms with Gasteiger partial charge in [-0.05, 0) is 57.2 Å². The third-order valence-electron chi connectivity index (χ3n) is 4.86. The molecule has 0 bridgehead atoms. The lowest BCUT2D eigenvalue weighted by Crippen LogP contribution is -2.37. The third kappa shape index (κ3) is 3.91. The molecule has 1 heterocycles. The first-order valence-corrected chi connectivity index (χ1v) is 8.42. The molecule has 1 aromatic carbocycles. The number of benzene rings is 1. The molecule has 0 aromatic heterocycles. The Labute approximate surface area is 128 Å². The molecule has 1 aliphatic carbocycles. The van der Waals surface area contributed by atoms with Crippen LogP contribution in [-0.2, 0) is 0 Å². The highest BCUT2D eigenvalue weighted by Crippen LogP contribution is 2.32. The lowest BCUT2D eigenvalue weighted by Gasteiger charge is -2.30. The van der Waals surface area contributed by atoms with Gasteiger partial charge in [-0.2, -0.15) is 0 Å². The molecule has 0 radical (unpaired) electrons. The normalized spacial score (nSPS) is 24.1. The van der Waals surface area contributed by atoms with E-state index < -0.39 is 0 Å². The van der Waals surface area contributed by atoms with Crippen molar-refractivity contribution in [1.82, 2.24) is 5.32 Å². The van der Waals surface area contributed by atoms with Gasteiger partial charge in [-0.25, -0.2) is 0 Å². The van der Waals surface area contributed by atoms with Gasteiger partial charge in [0.1, 0.15) is 6.10 Å². The summed E-state index contributed by atoms with van der Waals surface area (Å²) < 4.78 is 12.2. The molecule has 3 nitrogen and oxygen atoms in total. The summed E-state index contributed by atoms with van der Waals surface area (Å²) in [5, 5.41) is 3.46. The molecule has 0 spiro atoms. The number of hydrogen-bond acceptors (Lipinski definition) is 3. The van der Waals surface area contributed by atoms with Crippen molar-refractivity contribution in [3.8, 4) is 11.5 Å². The molecule has 116 valence electrons. The Hall–Kier alpha value is -1.22. The first-order chi connectivity index (χ1) is 10.3. The van der Waals surface area contributed by atoms with Crippen LogP contribution in [0.5, 0.6) is 11.5 Å². The lowest BCUT2D eigenvalue weighted by molar-refractivity contribution is 0.120. The highest BCUT2D eigenvalue weighted by atomic mass is 16.5. The van der Waals surface area contributed by atoms with Crippen molar-refractivity contribution in [2.24, 2.45) is 11.8 Å². The zero-order chi connectivity index (χ0) is 14.5. The van der Waals surface area contributed by atoms with E-state index >= 15 is 0 Å². The number of para-hydroxylation sites is 2. The van der Waals surface area contributed by atoms with Crippen LogP contribution in [-0.4, -0.2) is 25.8 Å². The molecular formula is C18H27NO2. The fourth-order valence-corrected chi connectivity index (χ4v) is 3.11. The van der Waals surface area contributed by atoms with Gasteiger partial charge in [-0.15, -0.1) is 0 Å². The van der Waals surface area contributed by atoms with E-state index in [9.17, 15) is 0 Å². The van der Waals surface area contributed by atoms with Crippen molar-refractivity contribution in [1.29, 1.82) is 0 Å². The van der Waals surface area contributed by atoms with Gasteiger partial charge in [0.2, 0.25) is 0 Å². The Morgan fingerprint density at radius 1 is 1.14 bits per heavy atom. The van der Waals surface area contributed by atoms with Crippen molar-refractivity contribution >= 4 is 0 Å². The van der Waals surface area contributed by atoms with Gasteiger partial charge in [0.05, 0.1) is 6.61 Å². The van der Waals surface area contributed by atoms with Crippen molar-refractivity contribution in [2.75, 3.05) is 19.7 Å². The quantitative estimate of drug-likeness (QED) is 0.867. The SMILES string of the molecule is C[C@H](Oc1ccccc1OCC1CCC1)C1CCCNC1. The van der Waals surface area contributed by atoms with Crippen LogP contribution >= 0.6 is 0 Å².